The van der Waals surface area contributed by atoms with Gasteiger partial charge >= 0.3 is 0 Å². The van der Waals surface area contributed by atoms with Crippen molar-refractivity contribution < 1.29 is 23.8 Å². The highest BCUT2D eigenvalue weighted by molar-refractivity contribution is 5.99. The van der Waals surface area contributed by atoms with Crippen LogP contribution in [0, 0.1) is 17.0 Å². The van der Waals surface area contributed by atoms with Crippen molar-refractivity contribution in [3.8, 4) is 0 Å². The van der Waals surface area contributed by atoms with Crippen molar-refractivity contribution in [3.05, 3.63) is 51.8 Å². The molecule has 148 valence electrons. The van der Waals surface area contributed by atoms with Gasteiger partial charge in [-0.25, -0.2) is 0 Å². The molecular formula is C18H20N4O6. The number of carbonyl (C=O) groups is 2. The van der Waals surface area contributed by atoms with Gasteiger partial charge in [0.25, 0.3) is 11.6 Å². The lowest BCUT2D eigenvalue weighted by Gasteiger charge is -2.24. The van der Waals surface area contributed by atoms with Crippen LogP contribution in [-0.2, 0) is 9.53 Å². The average Bonchev–Trinajstić information content (AvgIpc) is 3.32. The Hall–Kier alpha value is -3.27. The highest BCUT2D eigenvalue weighted by Gasteiger charge is 2.26. The molecule has 1 aromatic carbocycles. The summed E-state index contributed by atoms with van der Waals surface area (Å²) in [4.78, 5) is 37.1. The minimum Gasteiger partial charge on any atom is -0.376 e. The molecule has 2 amide bonds. The predicted octanol–water partition coefficient (Wildman–Crippen LogP) is 2.15. The topological polar surface area (TPSA) is 128 Å². The van der Waals surface area contributed by atoms with E-state index in [1.807, 2.05) is 0 Å². The van der Waals surface area contributed by atoms with Crippen LogP contribution in [0.4, 0.5) is 11.5 Å². The van der Waals surface area contributed by atoms with Crippen LogP contribution >= 0.6 is 0 Å². The Bertz CT molecular complexity index is 874. The molecule has 0 spiro atoms. The molecule has 1 aromatic heterocycles. The van der Waals surface area contributed by atoms with Crippen molar-refractivity contribution in [2.75, 3.05) is 25.0 Å². The molecule has 1 aliphatic rings. The van der Waals surface area contributed by atoms with Crippen LogP contribution in [-0.4, -0.2) is 52.6 Å². The number of nitrogens with one attached hydrogen (secondary N) is 1. The van der Waals surface area contributed by atoms with E-state index in [1.165, 1.54) is 29.2 Å². The van der Waals surface area contributed by atoms with Gasteiger partial charge in [0, 0.05) is 36.9 Å². The van der Waals surface area contributed by atoms with Crippen molar-refractivity contribution in [2.24, 2.45) is 0 Å². The first-order chi connectivity index (χ1) is 13.4. The summed E-state index contributed by atoms with van der Waals surface area (Å²) in [5.74, 6) is -0.141. The van der Waals surface area contributed by atoms with E-state index in [4.69, 9.17) is 9.26 Å². The van der Waals surface area contributed by atoms with Gasteiger partial charge in [0.05, 0.1) is 11.0 Å². The molecule has 3 rings (SSSR count). The normalized spacial score (nSPS) is 16.0. The number of benzene rings is 1. The standard InChI is InChI=1S/C18H20N4O6/c1-12-8-16(20-28-12)19-17(23)11-21(10-15-6-3-7-27-15)18(24)13-4-2-5-14(9-13)22(25)26/h2,4-5,8-9,15H,3,6-7,10-11H2,1H3,(H,19,20,23)/t15-/m1/s1. The first-order valence-corrected chi connectivity index (χ1v) is 8.81. The lowest BCUT2D eigenvalue weighted by molar-refractivity contribution is -0.384. The van der Waals surface area contributed by atoms with Crippen molar-refractivity contribution in [1.29, 1.82) is 0 Å². The first kappa shape index (κ1) is 19.5. The minimum atomic E-state index is -0.569. The van der Waals surface area contributed by atoms with E-state index in [-0.39, 0.29) is 36.3 Å². The summed E-state index contributed by atoms with van der Waals surface area (Å²) in [5, 5.41) is 17.2. The molecule has 10 nitrogen and oxygen atoms in total. The molecule has 1 atom stereocenters. The largest absolute Gasteiger partial charge is 0.376 e. The Morgan fingerprint density at radius 2 is 2.21 bits per heavy atom. The third-order valence-corrected chi connectivity index (χ3v) is 4.27. The second-order valence-corrected chi connectivity index (χ2v) is 6.50. The second-order valence-electron chi connectivity index (χ2n) is 6.50. The van der Waals surface area contributed by atoms with Gasteiger partial charge in [0.1, 0.15) is 12.3 Å². The zero-order valence-electron chi connectivity index (χ0n) is 15.3. The van der Waals surface area contributed by atoms with Gasteiger partial charge in [0.2, 0.25) is 5.91 Å². The molecule has 2 aromatic rings. The van der Waals surface area contributed by atoms with Crippen LogP contribution in [0.25, 0.3) is 0 Å². The number of hydrogen-bond donors (Lipinski definition) is 1. The molecule has 0 unspecified atom stereocenters. The highest BCUT2D eigenvalue weighted by Crippen LogP contribution is 2.18. The summed E-state index contributed by atoms with van der Waals surface area (Å²) in [5.41, 5.74) is -0.0530. The molecule has 1 N–H and O–H groups in total. The van der Waals surface area contributed by atoms with Crippen molar-refractivity contribution in [2.45, 2.75) is 25.9 Å². The van der Waals surface area contributed by atoms with E-state index in [0.717, 1.165) is 12.8 Å². The number of aromatic nitrogens is 1. The SMILES string of the molecule is Cc1cc(NC(=O)CN(C[C@H]2CCCO2)C(=O)c2cccc([N+](=O)[O-])c2)no1. The predicted molar refractivity (Wildman–Crippen MR) is 97.8 cm³/mol. The summed E-state index contributed by atoms with van der Waals surface area (Å²) in [6.07, 6.45) is 1.49. The number of amides is 2. The Labute approximate surface area is 160 Å². The monoisotopic (exact) mass is 388 g/mol. The average molecular weight is 388 g/mol. The number of nitro groups is 1. The lowest BCUT2D eigenvalue weighted by Crippen LogP contribution is -2.42. The molecule has 10 heteroatoms. The summed E-state index contributed by atoms with van der Waals surface area (Å²) in [7, 11) is 0. The van der Waals surface area contributed by atoms with E-state index in [2.05, 4.69) is 10.5 Å². The van der Waals surface area contributed by atoms with Crippen LogP contribution in [0.3, 0.4) is 0 Å². The van der Waals surface area contributed by atoms with Gasteiger partial charge in [-0.1, -0.05) is 11.2 Å². The number of carbonyl (C=O) groups excluding carboxylic acids is 2. The van der Waals surface area contributed by atoms with Gasteiger partial charge in [-0.2, -0.15) is 0 Å². The fraction of sp³-hybridized carbons (Fsp3) is 0.389. The third-order valence-electron chi connectivity index (χ3n) is 4.27. The molecular weight excluding hydrogens is 368 g/mol. The molecule has 0 bridgehead atoms. The molecule has 1 saturated heterocycles. The molecule has 1 aliphatic heterocycles. The van der Waals surface area contributed by atoms with Gasteiger partial charge in [-0.05, 0) is 25.8 Å². The van der Waals surface area contributed by atoms with Crippen LogP contribution in [0.5, 0.6) is 0 Å². The van der Waals surface area contributed by atoms with Crippen LogP contribution in [0.1, 0.15) is 29.0 Å². The molecule has 0 saturated carbocycles. The Kier molecular flexibility index (Phi) is 5.99. The maximum atomic E-state index is 12.9. The number of ether oxygens (including phenoxy) is 1. The van der Waals surface area contributed by atoms with E-state index < -0.39 is 16.7 Å². The fourth-order valence-corrected chi connectivity index (χ4v) is 2.97. The van der Waals surface area contributed by atoms with E-state index >= 15 is 0 Å². The van der Waals surface area contributed by atoms with Crippen LogP contribution in [0.2, 0.25) is 0 Å². The molecule has 2 heterocycles. The number of anilines is 1. The Morgan fingerprint density at radius 3 is 2.86 bits per heavy atom. The number of nitro benzene ring substituents is 1. The fourth-order valence-electron chi connectivity index (χ4n) is 2.97. The lowest BCUT2D eigenvalue weighted by atomic mass is 10.1. The first-order valence-electron chi connectivity index (χ1n) is 8.81. The zero-order valence-corrected chi connectivity index (χ0v) is 15.3. The highest BCUT2D eigenvalue weighted by atomic mass is 16.6. The molecule has 0 radical (unpaired) electrons. The summed E-state index contributed by atoms with van der Waals surface area (Å²) >= 11 is 0. The maximum absolute atomic E-state index is 12.9. The van der Waals surface area contributed by atoms with E-state index in [0.29, 0.717) is 12.4 Å². The number of non-ortho nitro benzene ring substituents is 1. The van der Waals surface area contributed by atoms with Gasteiger partial charge < -0.3 is 19.5 Å². The van der Waals surface area contributed by atoms with Crippen molar-refractivity contribution >= 4 is 23.3 Å². The molecule has 0 aliphatic carbocycles. The van der Waals surface area contributed by atoms with Crippen molar-refractivity contribution in [1.82, 2.24) is 10.1 Å². The number of aryl methyl sites for hydroxylation is 1. The maximum Gasteiger partial charge on any atom is 0.270 e. The summed E-state index contributed by atoms with van der Waals surface area (Å²) in [6.45, 7) is 2.27. The van der Waals surface area contributed by atoms with Gasteiger partial charge in [0.15, 0.2) is 5.82 Å². The van der Waals surface area contributed by atoms with Crippen LogP contribution < -0.4 is 5.32 Å². The van der Waals surface area contributed by atoms with Crippen LogP contribution in [0.15, 0.2) is 34.9 Å². The van der Waals surface area contributed by atoms with Crippen molar-refractivity contribution in [3.63, 3.8) is 0 Å². The summed E-state index contributed by atoms with van der Waals surface area (Å²) in [6, 6.07) is 6.99. The summed E-state index contributed by atoms with van der Waals surface area (Å²) < 4.78 is 10.5. The Morgan fingerprint density at radius 1 is 1.39 bits per heavy atom. The number of rotatable bonds is 7. The van der Waals surface area contributed by atoms with Gasteiger partial charge in [-0.3, -0.25) is 19.7 Å². The quantitative estimate of drug-likeness (QED) is 0.568. The minimum absolute atomic E-state index is 0.136. The number of hydrogen-bond acceptors (Lipinski definition) is 7. The Balaban J connectivity index is 1.75. The third kappa shape index (κ3) is 4.92. The number of nitrogens with zero attached hydrogens (tertiary/aromatic N) is 3. The second kappa shape index (κ2) is 8.61. The van der Waals surface area contributed by atoms with Gasteiger partial charge in [-0.15, -0.1) is 0 Å². The smallest absolute Gasteiger partial charge is 0.270 e. The zero-order chi connectivity index (χ0) is 20.1. The van der Waals surface area contributed by atoms with E-state index in [1.54, 1.807) is 13.0 Å². The molecule has 28 heavy (non-hydrogen) atoms. The van der Waals surface area contributed by atoms with E-state index in [9.17, 15) is 19.7 Å². The molecule has 1 fully saturated rings.